The summed E-state index contributed by atoms with van der Waals surface area (Å²) in [4.78, 5) is 25.9. The van der Waals surface area contributed by atoms with Crippen LogP contribution >= 0.6 is 11.3 Å². The first kappa shape index (κ1) is 21.4. The van der Waals surface area contributed by atoms with Gasteiger partial charge in [-0.1, -0.05) is 17.7 Å². The number of hydrogen-bond donors (Lipinski definition) is 2. The summed E-state index contributed by atoms with van der Waals surface area (Å²) in [5.41, 5.74) is 6.58. The molecule has 0 bridgehead atoms. The summed E-state index contributed by atoms with van der Waals surface area (Å²) in [5.74, 6) is -0.849. The van der Waals surface area contributed by atoms with Crippen LogP contribution in [0.15, 0.2) is 40.6 Å². The zero-order valence-electron chi connectivity index (χ0n) is 16.1. The van der Waals surface area contributed by atoms with Gasteiger partial charge in [0.05, 0.1) is 17.0 Å². The van der Waals surface area contributed by atoms with Crippen LogP contribution in [0, 0.1) is 6.92 Å². The Bertz CT molecular complexity index is 986. The molecule has 8 nitrogen and oxygen atoms in total. The SMILES string of the molecule is Cc1ccc(S(=O)(=O)N2CCCN(CC(=O)Nc3sccc3C(N)=O)CC2)cc1. The number of carbonyl (C=O) groups excluding carboxylic acids is 2. The largest absolute Gasteiger partial charge is 0.366 e. The minimum absolute atomic E-state index is 0.120. The standard InChI is InChI=1S/C19H24N4O4S2/c1-14-3-5-15(6-4-14)29(26,27)23-9-2-8-22(10-11-23)13-17(24)21-19-16(18(20)25)7-12-28-19/h3-7,12H,2,8-11,13H2,1H3,(H2,20,25)(H,21,24). The average Bonchev–Trinajstić information content (AvgIpc) is 2.99. The Morgan fingerprint density at radius 2 is 1.83 bits per heavy atom. The first-order chi connectivity index (χ1) is 13.8. The second-order valence-electron chi connectivity index (χ2n) is 6.92. The molecular weight excluding hydrogens is 412 g/mol. The van der Waals surface area contributed by atoms with E-state index >= 15 is 0 Å². The summed E-state index contributed by atoms with van der Waals surface area (Å²) in [6.45, 7) is 3.81. The summed E-state index contributed by atoms with van der Waals surface area (Å²) in [7, 11) is -3.55. The van der Waals surface area contributed by atoms with Crippen LogP contribution in [0.3, 0.4) is 0 Å². The summed E-state index contributed by atoms with van der Waals surface area (Å²) >= 11 is 1.24. The van der Waals surface area contributed by atoms with Crippen LogP contribution < -0.4 is 11.1 Å². The summed E-state index contributed by atoms with van der Waals surface area (Å²) < 4.78 is 27.2. The molecule has 3 N–H and O–H groups in total. The van der Waals surface area contributed by atoms with Gasteiger partial charge in [-0.25, -0.2) is 8.42 Å². The molecule has 3 rings (SSSR count). The van der Waals surface area contributed by atoms with Gasteiger partial charge in [0.15, 0.2) is 0 Å². The van der Waals surface area contributed by atoms with Gasteiger partial charge < -0.3 is 11.1 Å². The highest BCUT2D eigenvalue weighted by Crippen LogP contribution is 2.23. The maximum Gasteiger partial charge on any atom is 0.251 e. The van der Waals surface area contributed by atoms with E-state index in [1.165, 1.54) is 15.6 Å². The molecule has 2 amide bonds. The number of thiophene rings is 1. The molecule has 1 aromatic heterocycles. The van der Waals surface area contributed by atoms with Crippen molar-refractivity contribution in [3.8, 4) is 0 Å². The Morgan fingerprint density at radius 1 is 1.10 bits per heavy atom. The molecule has 1 fully saturated rings. The van der Waals surface area contributed by atoms with Crippen molar-refractivity contribution >= 4 is 38.2 Å². The molecule has 1 saturated heterocycles. The van der Waals surface area contributed by atoms with Crippen LogP contribution in [0.5, 0.6) is 0 Å². The third-order valence-corrected chi connectivity index (χ3v) is 7.50. The molecule has 0 atom stereocenters. The average molecular weight is 437 g/mol. The highest BCUT2D eigenvalue weighted by atomic mass is 32.2. The number of benzene rings is 1. The summed E-state index contributed by atoms with van der Waals surface area (Å²) in [5, 5.41) is 4.84. The molecule has 29 heavy (non-hydrogen) atoms. The first-order valence-corrected chi connectivity index (χ1v) is 11.6. The Kier molecular flexibility index (Phi) is 6.68. The van der Waals surface area contributed by atoms with Crippen LogP contribution in [-0.4, -0.2) is 62.2 Å². The molecule has 156 valence electrons. The molecule has 2 aromatic rings. The van der Waals surface area contributed by atoms with Crippen molar-refractivity contribution in [2.45, 2.75) is 18.2 Å². The van der Waals surface area contributed by atoms with Crippen LogP contribution in [0.25, 0.3) is 0 Å². The zero-order valence-corrected chi connectivity index (χ0v) is 17.8. The molecule has 10 heteroatoms. The summed E-state index contributed by atoms with van der Waals surface area (Å²) in [6.07, 6.45) is 0.629. The quantitative estimate of drug-likeness (QED) is 0.712. The van der Waals surface area contributed by atoms with Crippen LogP contribution in [0.2, 0.25) is 0 Å². The van der Waals surface area contributed by atoms with E-state index in [9.17, 15) is 18.0 Å². The number of nitrogens with zero attached hydrogens (tertiary/aromatic N) is 2. The number of nitrogens with two attached hydrogens (primary N) is 1. The Labute approximate surface area is 174 Å². The van der Waals surface area contributed by atoms with Crippen LogP contribution in [0.4, 0.5) is 5.00 Å². The smallest absolute Gasteiger partial charge is 0.251 e. The van der Waals surface area contributed by atoms with Crippen LogP contribution in [-0.2, 0) is 14.8 Å². The second kappa shape index (κ2) is 9.04. The van der Waals surface area contributed by atoms with Crippen molar-refractivity contribution in [3.63, 3.8) is 0 Å². The van der Waals surface area contributed by atoms with Gasteiger partial charge in [-0.3, -0.25) is 14.5 Å². The zero-order chi connectivity index (χ0) is 21.0. The number of anilines is 1. The molecule has 0 radical (unpaired) electrons. The van der Waals surface area contributed by atoms with E-state index in [2.05, 4.69) is 5.32 Å². The fraction of sp³-hybridized carbons (Fsp3) is 0.368. The third-order valence-electron chi connectivity index (χ3n) is 4.76. The Balaban J connectivity index is 1.59. The van der Waals surface area contributed by atoms with Gasteiger partial charge in [0.2, 0.25) is 15.9 Å². The van der Waals surface area contributed by atoms with E-state index in [4.69, 9.17) is 5.73 Å². The van der Waals surface area contributed by atoms with Crippen molar-refractivity contribution in [1.29, 1.82) is 0 Å². The number of primary amides is 1. The van der Waals surface area contributed by atoms with Gasteiger partial charge >= 0.3 is 0 Å². The fourth-order valence-electron chi connectivity index (χ4n) is 3.17. The fourth-order valence-corrected chi connectivity index (χ4v) is 5.45. The molecule has 1 aliphatic heterocycles. The van der Waals surface area contributed by atoms with E-state index in [1.54, 1.807) is 35.7 Å². The molecule has 1 aliphatic rings. The Morgan fingerprint density at radius 3 is 2.52 bits per heavy atom. The minimum Gasteiger partial charge on any atom is -0.366 e. The number of nitrogens with one attached hydrogen (secondary N) is 1. The maximum atomic E-state index is 12.9. The lowest BCUT2D eigenvalue weighted by atomic mass is 10.2. The highest BCUT2D eigenvalue weighted by molar-refractivity contribution is 7.89. The number of amides is 2. The van der Waals surface area contributed by atoms with Crippen molar-refractivity contribution in [1.82, 2.24) is 9.21 Å². The van der Waals surface area contributed by atoms with Crippen molar-refractivity contribution in [2.75, 3.05) is 38.0 Å². The minimum atomic E-state index is -3.55. The van der Waals surface area contributed by atoms with Crippen molar-refractivity contribution < 1.29 is 18.0 Å². The third kappa shape index (κ3) is 5.21. The number of sulfonamides is 1. The molecule has 0 unspecified atom stereocenters. The predicted octanol–water partition coefficient (Wildman–Crippen LogP) is 1.49. The van der Waals surface area contributed by atoms with E-state index in [-0.39, 0.29) is 22.9 Å². The normalized spacial score (nSPS) is 16.3. The Hall–Kier alpha value is -2.27. The lowest BCUT2D eigenvalue weighted by Crippen LogP contribution is -2.38. The second-order valence-corrected chi connectivity index (χ2v) is 9.78. The molecule has 0 spiro atoms. The van der Waals surface area contributed by atoms with E-state index < -0.39 is 15.9 Å². The monoisotopic (exact) mass is 436 g/mol. The van der Waals surface area contributed by atoms with Gasteiger partial charge in [0.1, 0.15) is 5.00 Å². The number of hydrogen-bond acceptors (Lipinski definition) is 6. The van der Waals surface area contributed by atoms with Gasteiger partial charge in [-0.2, -0.15) is 4.31 Å². The van der Waals surface area contributed by atoms with Gasteiger partial charge in [0.25, 0.3) is 5.91 Å². The van der Waals surface area contributed by atoms with Gasteiger partial charge in [0, 0.05) is 19.6 Å². The van der Waals surface area contributed by atoms with E-state index in [0.717, 1.165) is 5.56 Å². The van der Waals surface area contributed by atoms with Gasteiger partial charge in [-0.05, 0) is 43.5 Å². The molecule has 2 heterocycles. The van der Waals surface area contributed by atoms with Crippen molar-refractivity contribution in [2.24, 2.45) is 5.73 Å². The molecule has 1 aromatic carbocycles. The maximum absolute atomic E-state index is 12.9. The number of rotatable bonds is 6. The topological polar surface area (TPSA) is 113 Å². The number of carbonyl (C=O) groups is 2. The van der Waals surface area contributed by atoms with Gasteiger partial charge in [-0.15, -0.1) is 11.3 Å². The summed E-state index contributed by atoms with van der Waals surface area (Å²) in [6, 6.07) is 8.39. The lowest BCUT2D eigenvalue weighted by molar-refractivity contribution is -0.117. The van der Waals surface area contributed by atoms with Crippen molar-refractivity contribution in [3.05, 3.63) is 46.8 Å². The highest BCUT2D eigenvalue weighted by Gasteiger charge is 2.27. The first-order valence-electron chi connectivity index (χ1n) is 9.23. The lowest BCUT2D eigenvalue weighted by Gasteiger charge is -2.21. The van der Waals surface area contributed by atoms with Crippen LogP contribution in [0.1, 0.15) is 22.3 Å². The van der Waals surface area contributed by atoms with E-state index in [0.29, 0.717) is 37.6 Å². The number of aryl methyl sites for hydroxylation is 1. The molecular formula is C19H24N4O4S2. The predicted molar refractivity (Wildman–Crippen MR) is 112 cm³/mol. The molecule has 0 saturated carbocycles. The van der Waals surface area contributed by atoms with E-state index in [1.807, 2.05) is 11.8 Å². The molecule has 0 aliphatic carbocycles.